The third-order valence-electron chi connectivity index (χ3n) is 4.82. The molecule has 6 nitrogen and oxygen atoms in total. The van der Waals surface area contributed by atoms with Crippen LogP contribution in [-0.2, 0) is 9.59 Å². The topological polar surface area (TPSA) is 55.9 Å². The zero-order valence-corrected chi connectivity index (χ0v) is 16.3. The molecule has 0 saturated carbocycles. The van der Waals surface area contributed by atoms with Crippen LogP contribution in [0.3, 0.4) is 0 Å². The predicted molar refractivity (Wildman–Crippen MR) is 107 cm³/mol. The van der Waals surface area contributed by atoms with Crippen molar-refractivity contribution < 1.29 is 9.59 Å². The molecule has 0 aliphatic carbocycles. The van der Waals surface area contributed by atoms with E-state index < -0.39 is 0 Å². The Kier molecular flexibility index (Phi) is 7.91. The highest BCUT2D eigenvalue weighted by Crippen LogP contribution is 2.22. The Balaban J connectivity index is 1.92. The average Bonchev–Trinajstić information content (AvgIpc) is 2.63. The number of carbonyl (C=O) groups excluding carboxylic acids is 2. The maximum atomic E-state index is 12.0. The van der Waals surface area contributed by atoms with Gasteiger partial charge in [0.15, 0.2) is 0 Å². The Hall–Kier alpha value is -2.08. The summed E-state index contributed by atoms with van der Waals surface area (Å²) in [5.41, 5.74) is 2.03. The van der Waals surface area contributed by atoms with Crippen LogP contribution in [0.2, 0.25) is 0 Å². The Labute approximate surface area is 157 Å². The van der Waals surface area contributed by atoms with Crippen LogP contribution in [0.25, 0.3) is 0 Å². The fraction of sp³-hybridized carbons (Fsp3) is 0.600. The summed E-state index contributed by atoms with van der Waals surface area (Å²) in [7, 11) is 2.14. The zero-order valence-electron chi connectivity index (χ0n) is 16.3. The minimum absolute atomic E-state index is 0.00115. The predicted octanol–water partition coefficient (Wildman–Crippen LogP) is 2.10. The van der Waals surface area contributed by atoms with Gasteiger partial charge in [0.05, 0.1) is 0 Å². The molecule has 0 aromatic heterocycles. The first kappa shape index (κ1) is 20.2. The van der Waals surface area contributed by atoms with E-state index in [1.54, 1.807) is 11.8 Å². The number of hydrogen-bond acceptors (Lipinski definition) is 4. The van der Waals surface area contributed by atoms with Gasteiger partial charge in [-0.1, -0.05) is 13.3 Å². The summed E-state index contributed by atoms with van der Waals surface area (Å²) in [4.78, 5) is 30.3. The van der Waals surface area contributed by atoms with Gasteiger partial charge < -0.3 is 20.0 Å². The lowest BCUT2D eigenvalue weighted by molar-refractivity contribution is -0.121. The number of carbonyl (C=O) groups is 2. The third-order valence-corrected chi connectivity index (χ3v) is 4.82. The van der Waals surface area contributed by atoms with E-state index in [9.17, 15) is 9.59 Å². The van der Waals surface area contributed by atoms with Crippen LogP contribution in [0.15, 0.2) is 24.3 Å². The van der Waals surface area contributed by atoms with Crippen molar-refractivity contribution in [3.05, 3.63) is 24.3 Å². The Morgan fingerprint density at radius 1 is 1.12 bits per heavy atom. The number of likely N-dealkylation sites (N-methyl/N-ethyl adjacent to an activating group) is 1. The van der Waals surface area contributed by atoms with E-state index in [4.69, 9.17) is 0 Å². The minimum atomic E-state index is -0.0429. The van der Waals surface area contributed by atoms with Gasteiger partial charge in [0, 0.05) is 64.0 Å². The molecular weight excluding hydrogens is 328 g/mol. The van der Waals surface area contributed by atoms with E-state index >= 15 is 0 Å². The first-order chi connectivity index (χ1) is 12.5. The van der Waals surface area contributed by atoms with Crippen molar-refractivity contribution in [2.75, 3.05) is 56.1 Å². The van der Waals surface area contributed by atoms with Crippen LogP contribution in [0.5, 0.6) is 0 Å². The highest BCUT2D eigenvalue weighted by atomic mass is 16.2. The number of amides is 2. The summed E-state index contributed by atoms with van der Waals surface area (Å²) in [6.07, 6.45) is 2.36. The van der Waals surface area contributed by atoms with Crippen molar-refractivity contribution in [3.8, 4) is 0 Å². The van der Waals surface area contributed by atoms with Crippen LogP contribution >= 0.6 is 0 Å². The van der Waals surface area contributed by atoms with Gasteiger partial charge in [-0.05, 0) is 37.7 Å². The fourth-order valence-electron chi connectivity index (χ4n) is 3.08. The lowest BCUT2D eigenvalue weighted by Crippen LogP contribution is -2.44. The number of nitrogens with zero attached hydrogens (tertiary/aromatic N) is 3. The smallest absolute Gasteiger partial charge is 0.223 e. The quantitative estimate of drug-likeness (QED) is 0.722. The van der Waals surface area contributed by atoms with E-state index in [1.165, 1.54) is 5.69 Å². The first-order valence-electron chi connectivity index (χ1n) is 9.59. The summed E-state index contributed by atoms with van der Waals surface area (Å²) in [6, 6.07) is 8.09. The molecule has 2 amide bonds. The van der Waals surface area contributed by atoms with Crippen LogP contribution in [0, 0.1) is 0 Å². The number of nitrogens with one attached hydrogen (secondary N) is 1. The van der Waals surface area contributed by atoms with Crippen LogP contribution < -0.4 is 15.1 Å². The molecule has 144 valence electrons. The summed E-state index contributed by atoms with van der Waals surface area (Å²) < 4.78 is 0. The monoisotopic (exact) mass is 360 g/mol. The van der Waals surface area contributed by atoms with Gasteiger partial charge in [-0.25, -0.2) is 0 Å². The minimum Gasteiger partial charge on any atom is -0.369 e. The Morgan fingerprint density at radius 2 is 1.77 bits per heavy atom. The molecule has 0 unspecified atom stereocenters. The van der Waals surface area contributed by atoms with Crippen molar-refractivity contribution in [2.24, 2.45) is 0 Å². The third kappa shape index (κ3) is 6.02. The molecular formula is C20H32N4O2. The maximum Gasteiger partial charge on any atom is 0.223 e. The average molecular weight is 361 g/mol. The van der Waals surface area contributed by atoms with Gasteiger partial charge in [0.25, 0.3) is 0 Å². The number of rotatable bonds is 8. The van der Waals surface area contributed by atoms with Crippen LogP contribution in [0.4, 0.5) is 11.4 Å². The molecule has 1 fully saturated rings. The second kappa shape index (κ2) is 10.2. The van der Waals surface area contributed by atoms with Gasteiger partial charge >= 0.3 is 0 Å². The van der Waals surface area contributed by atoms with E-state index in [0.29, 0.717) is 19.5 Å². The molecule has 1 aromatic rings. The lowest BCUT2D eigenvalue weighted by atomic mass is 10.2. The van der Waals surface area contributed by atoms with Gasteiger partial charge in [-0.3, -0.25) is 9.59 Å². The molecule has 26 heavy (non-hydrogen) atoms. The first-order valence-corrected chi connectivity index (χ1v) is 9.59. The number of hydrogen-bond donors (Lipinski definition) is 1. The van der Waals surface area contributed by atoms with Gasteiger partial charge in [-0.2, -0.15) is 0 Å². The molecule has 1 heterocycles. The highest BCUT2D eigenvalue weighted by Gasteiger charge is 2.16. The van der Waals surface area contributed by atoms with Crippen molar-refractivity contribution in [3.63, 3.8) is 0 Å². The number of benzene rings is 1. The summed E-state index contributed by atoms with van der Waals surface area (Å²) in [5.74, 6) is -0.0440. The zero-order chi connectivity index (χ0) is 18.9. The van der Waals surface area contributed by atoms with E-state index in [-0.39, 0.29) is 11.8 Å². The second-order valence-electron chi connectivity index (χ2n) is 6.93. The summed E-state index contributed by atoms with van der Waals surface area (Å²) in [6.45, 7) is 8.91. The molecule has 0 bridgehead atoms. The SMILES string of the molecule is CCCCNC(=O)CCN(C(C)=O)c1ccc(N2CCN(C)CC2)cc1. The fourth-order valence-corrected chi connectivity index (χ4v) is 3.08. The molecule has 0 atom stereocenters. The van der Waals surface area contributed by atoms with Crippen LogP contribution in [0.1, 0.15) is 33.1 Å². The highest BCUT2D eigenvalue weighted by molar-refractivity contribution is 5.92. The molecule has 1 aliphatic rings. The summed E-state index contributed by atoms with van der Waals surface area (Å²) >= 11 is 0. The van der Waals surface area contributed by atoms with Gasteiger partial charge in [0.1, 0.15) is 0 Å². The maximum absolute atomic E-state index is 12.0. The molecule has 1 N–H and O–H groups in total. The molecule has 1 saturated heterocycles. The van der Waals surface area contributed by atoms with E-state index in [1.807, 2.05) is 12.1 Å². The number of anilines is 2. The van der Waals surface area contributed by atoms with Crippen LogP contribution in [-0.4, -0.2) is 63.0 Å². The van der Waals surface area contributed by atoms with E-state index in [2.05, 4.69) is 41.2 Å². The largest absolute Gasteiger partial charge is 0.369 e. The normalized spacial score (nSPS) is 15.0. The second-order valence-corrected chi connectivity index (χ2v) is 6.93. The van der Waals surface area contributed by atoms with Crippen molar-refractivity contribution in [1.82, 2.24) is 10.2 Å². The number of piperazine rings is 1. The van der Waals surface area contributed by atoms with Crippen molar-refractivity contribution >= 4 is 23.2 Å². The van der Waals surface area contributed by atoms with Gasteiger partial charge in [-0.15, -0.1) is 0 Å². The Morgan fingerprint density at radius 3 is 2.35 bits per heavy atom. The van der Waals surface area contributed by atoms with E-state index in [0.717, 1.165) is 44.7 Å². The Bertz CT molecular complexity index is 580. The molecule has 0 radical (unpaired) electrons. The summed E-state index contributed by atoms with van der Waals surface area (Å²) in [5, 5.41) is 2.90. The molecule has 2 rings (SSSR count). The number of unbranched alkanes of at least 4 members (excludes halogenated alkanes) is 1. The van der Waals surface area contributed by atoms with Gasteiger partial charge in [0.2, 0.25) is 11.8 Å². The molecule has 1 aromatic carbocycles. The lowest BCUT2D eigenvalue weighted by Gasteiger charge is -2.34. The molecule has 0 spiro atoms. The van der Waals surface area contributed by atoms with Crippen molar-refractivity contribution in [1.29, 1.82) is 0 Å². The molecule has 1 aliphatic heterocycles. The molecule has 6 heteroatoms. The standard InChI is InChI=1S/C20H32N4O2/c1-4-5-11-21-20(26)10-12-24(17(2)25)19-8-6-18(7-9-19)23-15-13-22(3)14-16-23/h6-9H,4-5,10-16H2,1-3H3,(H,21,26). The van der Waals surface area contributed by atoms with Crippen molar-refractivity contribution in [2.45, 2.75) is 33.1 Å².